The second-order valence-electron chi connectivity index (χ2n) is 4.35. The van der Waals surface area contributed by atoms with Crippen molar-refractivity contribution in [2.45, 2.75) is 26.4 Å². The maximum absolute atomic E-state index is 13.0. The molecule has 2 aromatic rings. The van der Waals surface area contributed by atoms with Crippen molar-refractivity contribution in [2.24, 2.45) is 0 Å². The molecule has 0 spiro atoms. The summed E-state index contributed by atoms with van der Waals surface area (Å²) in [6.07, 6.45) is 1.61. The fraction of sp³-hybridized carbons (Fsp3) is 0.267. The summed E-state index contributed by atoms with van der Waals surface area (Å²) in [5.74, 6) is 0.859. The number of aryl methyl sites for hydroxylation is 1. The molecule has 4 heteroatoms. The molecule has 1 heterocycles. The van der Waals surface area contributed by atoms with Gasteiger partial charge in [0, 0.05) is 0 Å². The lowest BCUT2D eigenvalue weighted by molar-refractivity contribution is 0.169. The second-order valence-corrected chi connectivity index (χ2v) is 4.35. The van der Waals surface area contributed by atoms with Gasteiger partial charge in [-0.2, -0.15) is 0 Å². The number of hydrogen-bond donors (Lipinski definition) is 1. The molecule has 0 aliphatic heterocycles. The average molecular weight is 261 g/mol. The number of benzene rings is 1. The largest absolute Gasteiger partial charge is 0.455 e. The van der Waals surface area contributed by atoms with Crippen LogP contribution in [0.1, 0.15) is 30.7 Å². The summed E-state index contributed by atoms with van der Waals surface area (Å²) < 4.78 is 18.6. The third-order valence-electron chi connectivity index (χ3n) is 2.85. The summed E-state index contributed by atoms with van der Waals surface area (Å²) in [5, 5.41) is 9.64. The van der Waals surface area contributed by atoms with Crippen molar-refractivity contribution in [3.8, 4) is 11.5 Å². The molecule has 0 saturated heterocycles. The van der Waals surface area contributed by atoms with E-state index in [1.165, 1.54) is 12.1 Å². The Hall–Kier alpha value is -1.94. The minimum absolute atomic E-state index is 0.288. The summed E-state index contributed by atoms with van der Waals surface area (Å²) >= 11 is 0. The van der Waals surface area contributed by atoms with Crippen LogP contribution in [0.15, 0.2) is 36.5 Å². The monoisotopic (exact) mass is 261 g/mol. The Morgan fingerprint density at radius 3 is 2.68 bits per heavy atom. The van der Waals surface area contributed by atoms with Gasteiger partial charge in [-0.25, -0.2) is 4.39 Å². The fourth-order valence-corrected chi connectivity index (χ4v) is 1.71. The third kappa shape index (κ3) is 3.29. The molecule has 1 aromatic carbocycles. The average Bonchev–Trinajstić information content (AvgIpc) is 2.42. The standard InChI is InChI=1S/C15H16FNO2/c1-3-14(18)13-6-5-12(9-17-13)19-15-7-4-11(16)8-10(15)2/h4-9,14,18H,3H2,1-2H3/t14-/m1/s1. The van der Waals surface area contributed by atoms with Gasteiger partial charge in [-0.15, -0.1) is 0 Å². The predicted octanol–water partition coefficient (Wildman–Crippen LogP) is 3.76. The van der Waals surface area contributed by atoms with Crippen LogP contribution in [0.4, 0.5) is 4.39 Å². The highest BCUT2D eigenvalue weighted by Crippen LogP contribution is 2.25. The molecule has 0 saturated carbocycles. The lowest BCUT2D eigenvalue weighted by Crippen LogP contribution is -1.98. The zero-order chi connectivity index (χ0) is 13.8. The van der Waals surface area contributed by atoms with Crippen molar-refractivity contribution < 1.29 is 14.2 Å². The van der Waals surface area contributed by atoms with Crippen LogP contribution in [0.25, 0.3) is 0 Å². The summed E-state index contributed by atoms with van der Waals surface area (Å²) in [6.45, 7) is 3.67. The van der Waals surface area contributed by atoms with Crippen molar-refractivity contribution in [1.29, 1.82) is 0 Å². The number of rotatable bonds is 4. The number of nitrogens with zero attached hydrogens (tertiary/aromatic N) is 1. The first-order valence-corrected chi connectivity index (χ1v) is 6.18. The molecular weight excluding hydrogens is 245 g/mol. The predicted molar refractivity (Wildman–Crippen MR) is 70.7 cm³/mol. The second kappa shape index (κ2) is 5.80. The van der Waals surface area contributed by atoms with E-state index < -0.39 is 6.10 Å². The van der Waals surface area contributed by atoms with E-state index in [2.05, 4.69) is 4.98 Å². The van der Waals surface area contributed by atoms with E-state index in [4.69, 9.17) is 4.74 Å². The first-order valence-electron chi connectivity index (χ1n) is 6.18. The quantitative estimate of drug-likeness (QED) is 0.911. The molecule has 1 atom stereocenters. The number of aliphatic hydroxyl groups is 1. The summed E-state index contributed by atoms with van der Waals surface area (Å²) in [7, 11) is 0. The molecule has 0 fully saturated rings. The molecule has 3 nitrogen and oxygen atoms in total. The van der Waals surface area contributed by atoms with Crippen molar-refractivity contribution in [2.75, 3.05) is 0 Å². The molecule has 1 N–H and O–H groups in total. The highest BCUT2D eigenvalue weighted by Gasteiger charge is 2.07. The van der Waals surface area contributed by atoms with Crippen LogP contribution in [0.2, 0.25) is 0 Å². The van der Waals surface area contributed by atoms with E-state index in [0.717, 1.165) is 5.56 Å². The molecule has 19 heavy (non-hydrogen) atoms. The highest BCUT2D eigenvalue weighted by atomic mass is 19.1. The van der Waals surface area contributed by atoms with E-state index in [-0.39, 0.29) is 5.82 Å². The lowest BCUT2D eigenvalue weighted by atomic mass is 10.2. The van der Waals surface area contributed by atoms with Gasteiger partial charge < -0.3 is 9.84 Å². The molecule has 100 valence electrons. The molecule has 0 aliphatic carbocycles. The Bertz CT molecular complexity index is 555. The minimum atomic E-state index is -0.554. The van der Waals surface area contributed by atoms with Crippen LogP contribution in [-0.2, 0) is 0 Å². The Balaban J connectivity index is 2.15. The minimum Gasteiger partial charge on any atom is -0.455 e. The SMILES string of the molecule is CC[C@@H](O)c1ccc(Oc2ccc(F)cc2C)cn1. The maximum atomic E-state index is 13.0. The molecule has 0 radical (unpaired) electrons. The number of halogens is 1. The Labute approximate surface area is 111 Å². The number of pyridine rings is 1. The van der Waals surface area contributed by atoms with E-state index in [1.54, 1.807) is 31.3 Å². The van der Waals surface area contributed by atoms with Crippen molar-refractivity contribution in [1.82, 2.24) is 4.98 Å². The van der Waals surface area contributed by atoms with Crippen LogP contribution in [0.3, 0.4) is 0 Å². The van der Waals surface area contributed by atoms with Crippen molar-refractivity contribution >= 4 is 0 Å². The smallest absolute Gasteiger partial charge is 0.145 e. The summed E-state index contributed by atoms with van der Waals surface area (Å²) in [5.41, 5.74) is 1.34. The van der Waals surface area contributed by atoms with Gasteiger partial charge in [-0.3, -0.25) is 4.98 Å². The van der Waals surface area contributed by atoms with Gasteiger partial charge >= 0.3 is 0 Å². The van der Waals surface area contributed by atoms with E-state index in [9.17, 15) is 9.50 Å². The van der Waals surface area contributed by atoms with Gasteiger partial charge in [-0.1, -0.05) is 6.92 Å². The zero-order valence-electron chi connectivity index (χ0n) is 10.9. The lowest BCUT2D eigenvalue weighted by Gasteiger charge is -2.10. The van der Waals surface area contributed by atoms with Gasteiger partial charge in [0.05, 0.1) is 18.0 Å². The van der Waals surface area contributed by atoms with E-state index >= 15 is 0 Å². The van der Waals surface area contributed by atoms with Crippen LogP contribution < -0.4 is 4.74 Å². The summed E-state index contributed by atoms with van der Waals surface area (Å²) in [4.78, 5) is 4.14. The van der Waals surface area contributed by atoms with Crippen molar-refractivity contribution in [3.05, 3.63) is 53.6 Å². The van der Waals surface area contributed by atoms with Gasteiger partial charge in [0.2, 0.25) is 0 Å². The van der Waals surface area contributed by atoms with Crippen LogP contribution in [0, 0.1) is 12.7 Å². The molecule has 0 amide bonds. The topological polar surface area (TPSA) is 42.4 Å². The van der Waals surface area contributed by atoms with Gasteiger partial charge in [0.15, 0.2) is 0 Å². The summed E-state index contributed by atoms with van der Waals surface area (Å²) in [6, 6.07) is 7.81. The van der Waals surface area contributed by atoms with Gasteiger partial charge in [-0.05, 0) is 49.2 Å². The molecule has 0 bridgehead atoms. The normalized spacial score (nSPS) is 12.2. The van der Waals surface area contributed by atoms with Crippen LogP contribution in [-0.4, -0.2) is 10.1 Å². The molecule has 0 aliphatic rings. The van der Waals surface area contributed by atoms with Gasteiger partial charge in [0.25, 0.3) is 0 Å². The van der Waals surface area contributed by atoms with E-state index in [0.29, 0.717) is 23.6 Å². The molecule has 2 rings (SSSR count). The Kier molecular flexibility index (Phi) is 4.12. The van der Waals surface area contributed by atoms with Crippen LogP contribution in [0.5, 0.6) is 11.5 Å². The Morgan fingerprint density at radius 2 is 2.11 bits per heavy atom. The molecule has 0 unspecified atom stereocenters. The van der Waals surface area contributed by atoms with Crippen LogP contribution >= 0.6 is 0 Å². The van der Waals surface area contributed by atoms with Crippen molar-refractivity contribution in [3.63, 3.8) is 0 Å². The number of aliphatic hydroxyl groups excluding tert-OH is 1. The first-order chi connectivity index (χ1) is 9.10. The third-order valence-corrected chi connectivity index (χ3v) is 2.85. The maximum Gasteiger partial charge on any atom is 0.145 e. The first kappa shape index (κ1) is 13.5. The highest BCUT2D eigenvalue weighted by molar-refractivity contribution is 5.36. The fourth-order valence-electron chi connectivity index (χ4n) is 1.71. The number of ether oxygens (including phenoxy) is 1. The number of aromatic nitrogens is 1. The van der Waals surface area contributed by atoms with Gasteiger partial charge in [0.1, 0.15) is 17.3 Å². The Morgan fingerprint density at radius 1 is 1.32 bits per heavy atom. The number of hydrogen-bond acceptors (Lipinski definition) is 3. The molecular formula is C15H16FNO2. The zero-order valence-corrected chi connectivity index (χ0v) is 10.9. The van der Waals surface area contributed by atoms with E-state index in [1.807, 2.05) is 6.92 Å². The molecule has 1 aromatic heterocycles.